The van der Waals surface area contributed by atoms with Crippen LogP contribution < -0.4 is 5.32 Å². The van der Waals surface area contributed by atoms with Gasteiger partial charge in [-0.05, 0) is 18.1 Å². The zero-order valence-electron chi connectivity index (χ0n) is 11.7. The van der Waals surface area contributed by atoms with E-state index in [9.17, 15) is 9.59 Å². The first-order valence-corrected chi connectivity index (χ1v) is 6.50. The maximum absolute atomic E-state index is 12.0. The van der Waals surface area contributed by atoms with Crippen LogP contribution in [0.4, 0.5) is 0 Å². The molecule has 1 amide bonds. The van der Waals surface area contributed by atoms with Gasteiger partial charge < -0.3 is 10.4 Å². The van der Waals surface area contributed by atoms with Crippen LogP contribution >= 0.6 is 0 Å². The molecule has 0 saturated heterocycles. The van der Waals surface area contributed by atoms with E-state index in [2.05, 4.69) is 15.5 Å². The van der Waals surface area contributed by atoms with Crippen molar-refractivity contribution in [3.05, 3.63) is 42.2 Å². The average molecular weight is 288 g/mol. The van der Waals surface area contributed by atoms with E-state index in [0.717, 1.165) is 5.69 Å². The van der Waals surface area contributed by atoms with Crippen LogP contribution in [0.1, 0.15) is 24.3 Å². The number of carboxylic acids is 1. The normalized spacial score (nSPS) is 12.1. The molecule has 7 nitrogen and oxygen atoms in total. The summed E-state index contributed by atoms with van der Waals surface area (Å²) in [6.07, 6.45) is 1.31. The number of carbonyl (C=O) groups excluding carboxylic acids is 1. The first-order valence-electron chi connectivity index (χ1n) is 6.50. The number of carbonyl (C=O) groups is 2. The molecule has 7 heteroatoms. The number of aliphatic carboxylic acids is 1. The molecular weight excluding hydrogens is 272 g/mol. The molecule has 0 aliphatic carbocycles. The van der Waals surface area contributed by atoms with Crippen LogP contribution in [0.25, 0.3) is 5.69 Å². The quantitative estimate of drug-likeness (QED) is 0.859. The monoisotopic (exact) mass is 288 g/mol. The highest BCUT2D eigenvalue weighted by molar-refractivity contribution is 5.94. The molecule has 2 rings (SSSR count). The third kappa shape index (κ3) is 3.44. The van der Waals surface area contributed by atoms with Crippen molar-refractivity contribution in [1.29, 1.82) is 0 Å². The number of benzene rings is 1. The predicted molar refractivity (Wildman–Crippen MR) is 75.1 cm³/mol. The Morgan fingerprint density at radius 1 is 1.24 bits per heavy atom. The van der Waals surface area contributed by atoms with Gasteiger partial charge in [-0.2, -0.15) is 9.90 Å². The Morgan fingerprint density at radius 3 is 2.48 bits per heavy atom. The summed E-state index contributed by atoms with van der Waals surface area (Å²) in [5.74, 6) is -1.86. The van der Waals surface area contributed by atoms with Crippen molar-refractivity contribution >= 4 is 11.9 Å². The van der Waals surface area contributed by atoms with Gasteiger partial charge in [0, 0.05) is 0 Å². The molecule has 110 valence electrons. The fraction of sp³-hybridized carbons (Fsp3) is 0.286. The Bertz CT molecular complexity index is 637. The molecule has 1 atom stereocenters. The summed E-state index contributed by atoms with van der Waals surface area (Å²) in [5.41, 5.74) is 0.793. The van der Waals surface area contributed by atoms with E-state index in [4.69, 9.17) is 5.11 Å². The van der Waals surface area contributed by atoms with Crippen molar-refractivity contribution in [2.45, 2.75) is 19.9 Å². The molecule has 0 spiro atoms. The molecular formula is C14H16N4O3. The molecule has 1 heterocycles. The van der Waals surface area contributed by atoms with Crippen LogP contribution in [0.15, 0.2) is 36.5 Å². The smallest absolute Gasteiger partial charge is 0.326 e. The summed E-state index contributed by atoms with van der Waals surface area (Å²) >= 11 is 0. The largest absolute Gasteiger partial charge is 0.480 e. The van der Waals surface area contributed by atoms with Crippen LogP contribution in [0.3, 0.4) is 0 Å². The molecule has 0 aliphatic rings. The number of hydrogen-bond acceptors (Lipinski definition) is 4. The minimum absolute atomic E-state index is 0.0748. The maximum atomic E-state index is 12.0. The summed E-state index contributed by atoms with van der Waals surface area (Å²) in [7, 11) is 0. The van der Waals surface area contributed by atoms with Gasteiger partial charge in [-0.3, -0.25) is 4.79 Å². The van der Waals surface area contributed by atoms with Crippen molar-refractivity contribution in [3.63, 3.8) is 0 Å². The van der Waals surface area contributed by atoms with Crippen molar-refractivity contribution < 1.29 is 14.7 Å². The standard InChI is InChI=1S/C14H16N4O3/c1-9(2)12(14(20)21)16-13(19)11-8-15-18(17-11)10-6-4-3-5-7-10/h3-9,12H,1-2H3,(H,16,19)(H,20,21). The highest BCUT2D eigenvalue weighted by Gasteiger charge is 2.25. The fourth-order valence-electron chi connectivity index (χ4n) is 1.78. The van der Waals surface area contributed by atoms with Crippen molar-refractivity contribution in [2.24, 2.45) is 5.92 Å². The second kappa shape index (κ2) is 6.17. The number of nitrogens with one attached hydrogen (secondary N) is 1. The Morgan fingerprint density at radius 2 is 1.90 bits per heavy atom. The van der Waals surface area contributed by atoms with Gasteiger partial charge >= 0.3 is 5.97 Å². The van der Waals surface area contributed by atoms with Crippen LogP contribution in [0.5, 0.6) is 0 Å². The molecule has 1 unspecified atom stereocenters. The van der Waals surface area contributed by atoms with Crippen LogP contribution in [-0.2, 0) is 4.79 Å². The molecule has 0 fully saturated rings. The first-order chi connectivity index (χ1) is 9.99. The first kappa shape index (κ1) is 14.7. The molecule has 0 radical (unpaired) electrons. The number of hydrogen-bond donors (Lipinski definition) is 2. The lowest BCUT2D eigenvalue weighted by molar-refractivity contribution is -0.140. The number of para-hydroxylation sites is 1. The highest BCUT2D eigenvalue weighted by Crippen LogP contribution is 2.06. The van der Waals surface area contributed by atoms with E-state index in [1.807, 2.05) is 18.2 Å². The van der Waals surface area contributed by atoms with Gasteiger partial charge in [-0.15, -0.1) is 5.10 Å². The Labute approximate surface area is 121 Å². The zero-order valence-corrected chi connectivity index (χ0v) is 11.7. The summed E-state index contributed by atoms with van der Waals surface area (Å²) in [4.78, 5) is 24.4. The lowest BCUT2D eigenvalue weighted by Gasteiger charge is -2.16. The summed E-state index contributed by atoms with van der Waals surface area (Å²) in [6.45, 7) is 3.44. The Kier molecular flexibility index (Phi) is 4.32. The second-order valence-electron chi connectivity index (χ2n) is 4.89. The molecule has 0 saturated carbocycles. The topological polar surface area (TPSA) is 97.1 Å². The Balaban J connectivity index is 2.14. The van der Waals surface area contributed by atoms with Crippen molar-refractivity contribution in [1.82, 2.24) is 20.3 Å². The van der Waals surface area contributed by atoms with E-state index in [1.165, 1.54) is 11.0 Å². The summed E-state index contributed by atoms with van der Waals surface area (Å²) < 4.78 is 0. The number of aromatic nitrogens is 3. The van der Waals surface area contributed by atoms with Crippen LogP contribution in [0, 0.1) is 5.92 Å². The number of rotatable bonds is 5. The second-order valence-corrected chi connectivity index (χ2v) is 4.89. The van der Waals surface area contributed by atoms with E-state index in [1.54, 1.807) is 26.0 Å². The third-order valence-corrected chi connectivity index (χ3v) is 2.93. The summed E-state index contributed by atoms with van der Waals surface area (Å²) in [6, 6.07) is 8.17. The van der Waals surface area contributed by atoms with Gasteiger partial charge in [-0.25, -0.2) is 4.79 Å². The predicted octanol–water partition coefficient (Wildman–Crippen LogP) is 1.11. The lowest BCUT2D eigenvalue weighted by Crippen LogP contribution is -2.44. The highest BCUT2D eigenvalue weighted by atomic mass is 16.4. The minimum Gasteiger partial charge on any atom is -0.480 e. The number of carboxylic acid groups (broad SMARTS) is 1. The van der Waals surface area contributed by atoms with Crippen molar-refractivity contribution in [2.75, 3.05) is 0 Å². The van der Waals surface area contributed by atoms with Crippen LogP contribution in [0.2, 0.25) is 0 Å². The van der Waals surface area contributed by atoms with Gasteiger partial charge in [0.05, 0.1) is 11.9 Å². The van der Waals surface area contributed by atoms with Gasteiger partial charge in [0.15, 0.2) is 5.69 Å². The Hall–Kier alpha value is -2.70. The van der Waals surface area contributed by atoms with Gasteiger partial charge in [0.25, 0.3) is 5.91 Å². The molecule has 2 N–H and O–H groups in total. The molecule has 1 aromatic carbocycles. The van der Waals surface area contributed by atoms with E-state index in [0.29, 0.717) is 0 Å². The minimum atomic E-state index is -1.08. The maximum Gasteiger partial charge on any atom is 0.326 e. The molecule has 0 bridgehead atoms. The average Bonchev–Trinajstić information content (AvgIpc) is 2.94. The zero-order chi connectivity index (χ0) is 15.4. The number of nitrogens with zero attached hydrogens (tertiary/aromatic N) is 3. The fourth-order valence-corrected chi connectivity index (χ4v) is 1.78. The van der Waals surface area contributed by atoms with Gasteiger partial charge in [0.2, 0.25) is 0 Å². The van der Waals surface area contributed by atoms with Crippen molar-refractivity contribution in [3.8, 4) is 5.69 Å². The van der Waals surface area contributed by atoms with E-state index >= 15 is 0 Å². The molecule has 1 aromatic heterocycles. The lowest BCUT2D eigenvalue weighted by atomic mass is 10.0. The third-order valence-electron chi connectivity index (χ3n) is 2.93. The number of amides is 1. The SMILES string of the molecule is CC(C)C(NC(=O)c1cnn(-c2ccccc2)n1)C(=O)O. The molecule has 21 heavy (non-hydrogen) atoms. The van der Waals surface area contributed by atoms with E-state index < -0.39 is 17.9 Å². The van der Waals surface area contributed by atoms with Gasteiger partial charge in [-0.1, -0.05) is 32.0 Å². The molecule has 0 aliphatic heterocycles. The molecule has 2 aromatic rings. The summed E-state index contributed by atoms with van der Waals surface area (Å²) in [5, 5.41) is 19.6. The van der Waals surface area contributed by atoms with Crippen LogP contribution in [-0.4, -0.2) is 38.0 Å². The van der Waals surface area contributed by atoms with E-state index in [-0.39, 0.29) is 11.6 Å². The van der Waals surface area contributed by atoms with Gasteiger partial charge in [0.1, 0.15) is 6.04 Å².